The number of nitrogens with zero attached hydrogens (tertiary/aromatic N) is 5. The quantitative estimate of drug-likeness (QED) is 0.201. The van der Waals surface area contributed by atoms with Gasteiger partial charge in [-0.05, 0) is 49.3 Å². The maximum atomic E-state index is 13.6. The lowest BCUT2D eigenvalue weighted by Gasteiger charge is -2.33. The third-order valence-corrected chi connectivity index (χ3v) is 13.7. The summed E-state index contributed by atoms with van der Waals surface area (Å²) in [6.45, 7) is 4.60. The Morgan fingerprint density at radius 2 is 1.83 bits per heavy atom. The van der Waals surface area contributed by atoms with Gasteiger partial charge in [0.05, 0.1) is 17.0 Å². The van der Waals surface area contributed by atoms with E-state index in [2.05, 4.69) is 14.7 Å². The summed E-state index contributed by atoms with van der Waals surface area (Å²) in [7, 11) is -7.98. The van der Waals surface area contributed by atoms with Gasteiger partial charge in [0.1, 0.15) is 14.9 Å². The monoisotopic (exact) mass is 717 g/mol. The van der Waals surface area contributed by atoms with Crippen molar-refractivity contribution in [1.82, 2.24) is 18.8 Å². The number of carbonyl (C=O) groups excluding carboxylic acids is 1. The average molecular weight is 718 g/mol. The maximum Gasteiger partial charge on any atom is 0.493 e. The van der Waals surface area contributed by atoms with Crippen LogP contribution >= 0.6 is 22.7 Å². The number of hydrogen-bond acceptors (Lipinski definition) is 10. The summed E-state index contributed by atoms with van der Waals surface area (Å²) in [6.07, 6.45) is -1.82. The molecule has 248 valence electrons. The molecular weight excluding hydrogens is 688 g/mol. The van der Waals surface area contributed by atoms with Gasteiger partial charge in [-0.2, -0.15) is 25.9 Å². The molecule has 3 aromatic heterocycles. The summed E-state index contributed by atoms with van der Waals surface area (Å²) in [5, 5.41) is 2.62. The molecule has 1 aromatic carbocycles. The highest BCUT2D eigenvalue weighted by Crippen LogP contribution is 2.41. The van der Waals surface area contributed by atoms with Gasteiger partial charge in [0.15, 0.2) is 0 Å². The summed E-state index contributed by atoms with van der Waals surface area (Å²) >= 11 is 2.21. The first-order chi connectivity index (χ1) is 21.8. The minimum atomic E-state index is -5.44. The highest BCUT2D eigenvalue weighted by Gasteiger charge is 2.45. The molecule has 1 aliphatic carbocycles. The Morgan fingerprint density at radius 1 is 1.09 bits per heavy atom. The number of benzene rings is 1. The molecule has 0 amide bonds. The molecule has 0 N–H and O–H groups in total. The molecule has 0 unspecified atom stereocenters. The predicted octanol–water partition coefficient (Wildman–Crippen LogP) is 4.92. The van der Waals surface area contributed by atoms with Gasteiger partial charge in [-0.3, -0.25) is 4.90 Å². The summed E-state index contributed by atoms with van der Waals surface area (Å²) in [5.74, 6) is -2.33. The lowest BCUT2D eigenvalue weighted by atomic mass is 10.2. The first-order valence-corrected chi connectivity index (χ1v) is 19.2. The van der Waals surface area contributed by atoms with Crippen molar-refractivity contribution in [1.29, 1.82) is 0 Å². The first-order valence-electron chi connectivity index (χ1n) is 14.4. The van der Waals surface area contributed by atoms with Crippen LogP contribution in [0.25, 0.3) is 21.6 Å². The molecular formula is C28H30F3N5O6S4. The Morgan fingerprint density at radius 3 is 2.46 bits per heavy atom. The minimum absolute atomic E-state index is 0.0598. The van der Waals surface area contributed by atoms with Crippen molar-refractivity contribution >= 4 is 65.3 Å². The zero-order valence-corrected chi connectivity index (χ0v) is 27.8. The molecule has 4 aromatic rings. The van der Waals surface area contributed by atoms with Crippen molar-refractivity contribution in [3.63, 3.8) is 0 Å². The smallest absolute Gasteiger partial charge is 0.336 e. The van der Waals surface area contributed by atoms with Gasteiger partial charge >= 0.3 is 22.2 Å². The lowest BCUT2D eigenvalue weighted by molar-refractivity contribution is -0.199. The Bertz CT molecular complexity index is 1950. The van der Waals surface area contributed by atoms with E-state index in [-0.39, 0.29) is 26.0 Å². The van der Waals surface area contributed by atoms with Gasteiger partial charge in [0.2, 0.25) is 10.0 Å². The van der Waals surface area contributed by atoms with Crippen LogP contribution in [0.1, 0.15) is 24.6 Å². The van der Waals surface area contributed by atoms with Crippen LogP contribution in [0, 0.1) is 5.92 Å². The Kier molecular flexibility index (Phi) is 8.96. The number of para-hydroxylation sites is 1. The third-order valence-electron chi connectivity index (χ3n) is 7.84. The molecule has 11 nitrogen and oxygen atoms in total. The van der Waals surface area contributed by atoms with Crippen LogP contribution in [0.5, 0.6) is 0 Å². The standard InChI is InChI=1S/C28H30F3N5O6S4/c1-2-45(38,39)34-12-10-33(11-13-34)18-21-16-32-26(44-21)23-15-20-5-3-6-22(25(20)35(23)17-19-8-9-19)36(42-27(37)28(29,30)31)46(40,41)24-7-4-14-43-24/h3-7,14-16,19H,2,8-13,17-18H2,1H3. The fourth-order valence-corrected chi connectivity index (χ4v) is 9.65. The van der Waals surface area contributed by atoms with E-state index in [1.807, 2.05) is 4.57 Å². The summed E-state index contributed by atoms with van der Waals surface area (Å²) in [5.41, 5.74) is 0.719. The van der Waals surface area contributed by atoms with E-state index in [9.17, 15) is 34.8 Å². The number of anilines is 1. The SMILES string of the molecule is CCS(=O)(=O)N1CCN(Cc2cnc(-c3cc4cccc(N(OC(=O)C(F)(F)F)S(=O)(=O)c5cccs5)c4n3CC3CC3)s2)CC1. The molecule has 1 aliphatic heterocycles. The Labute approximate surface area is 271 Å². The minimum Gasteiger partial charge on any atom is -0.336 e. The lowest BCUT2D eigenvalue weighted by Crippen LogP contribution is -2.48. The third kappa shape index (κ3) is 6.68. The van der Waals surface area contributed by atoms with Crippen LogP contribution < -0.4 is 4.47 Å². The maximum absolute atomic E-state index is 13.6. The van der Waals surface area contributed by atoms with Crippen LogP contribution in [0.2, 0.25) is 0 Å². The van der Waals surface area contributed by atoms with Crippen molar-refractivity contribution < 1.29 is 39.6 Å². The number of carbonyl (C=O) groups is 1. The van der Waals surface area contributed by atoms with Gasteiger partial charge in [-0.15, -0.1) is 22.7 Å². The van der Waals surface area contributed by atoms with Crippen molar-refractivity contribution in [2.75, 3.05) is 36.4 Å². The molecule has 0 atom stereocenters. The number of piperazine rings is 1. The van der Waals surface area contributed by atoms with Crippen molar-refractivity contribution in [3.05, 3.63) is 52.9 Å². The van der Waals surface area contributed by atoms with Crippen LogP contribution in [-0.4, -0.2) is 79.7 Å². The second kappa shape index (κ2) is 12.5. The molecule has 46 heavy (non-hydrogen) atoms. The van der Waals surface area contributed by atoms with E-state index in [0.717, 1.165) is 29.1 Å². The number of aromatic nitrogens is 2. The normalized spacial score (nSPS) is 17.0. The van der Waals surface area contributed by atoms with Gasteiger partial charge < -0.3 is 9.40 Å². The van der Waals surface area contributed by atoms with Crippen molar-refractivity contribution in [2.45, 2.75) is 43.2 Å². The van der Waals surface area contributed by atoms with E-state index in [4.69, 9.17) is 0 Å². The number of thiazole rings is 1. The second-order valence-electron chi connectivity index (χ2n) is 11.0. The number of fused-ring (bicyclic) bond motifs is 1. The molecule has 1 saturated heterocycles. The van der Waals surface area contributed by atoms with E-state index in [1.165, 1.54) is 45.3 Å². The number of sulfonamides is 2. The number of rotatable bonds is 11. The zero-order valence-electron chi connectivity index (χ0n) is 24.5. The number of halogens is 3. The molecule has 0 spiro atoms. The van der Waals surface area contributed by atoms with E-state index in [1.54, 1.807) is 25.3 Å². The summed E-state index contributed by atoms with van der Waals surface area (Å²) in [4.78, 5) is 24.4. The topological polar surface area (TPSA) is 122 Å². The summed E-state index contributed by atoms with van der Waals surface area (Å²) in [6, 6.07) is 8.99. The molecule has 0 bridgehead atoms. The number of hydrogen-bond donors (Lipinski definition) is 0. The van der Waals surface area contributed by atoms with Crippen molar-refractivity contribution in [2.24, 2.45) is 5.92 Å². The van der Waals surface area contributed by atoms with Crippen LogP contribution in [0.15, 0.2) is 52.2 Å². The number of alkyl halides is 3. The summed E-state index contributed by atoms with van der Waals surface area (Å²) < 4.78 is 95.0. The molecule has 6 rings (SSSR count). The van der Waals surface area contributed by atoms with E-state index in [0.29, 0.717) is 60.9 Å². The molecule has 18 heteroatoms. The Hall–Kier alpha value is -3.03. The molecule has 2 fully saturated rings. The highest BCUT2D eigenvalue weighted by atomic mass is 32.2. The van der Waals surface area contributed by atoms with Gasteiger partial charge in [0, 0.05) is 55.7 Å². The zero-order chi connectivity index (χ0) is 32.9. The fraction of sp³-hybridized carbons (Fsp3) is 0.429. The van der Waals surface area contributed by atoms with Gasteiger partial charge in [0.25, 0.3) is 0 Å². The predicted molar refractivity (Wildman–Crippen MR) is 168 cm³/mol. The number of thiophene rings is 1. The molecule has 4 heterocycles. The molecule has 0 radical (unpaired) electrons. The van der Waals surface area contributed by atoms with Crippen LogP contribution in [0.3, 0.4) is 0 Å². The van der Waals surface area contributed by atoms with Gasteiger partial charge in [-0.25, -0.2) is 18.2 Å². The second-order valence-corrected chi connectivity index (χ2v) is 17.3. The largest absolute Gasteiger partial charge is 0.493 e. The fourth-order valence-electron chi connectivity index (χ4n) is 5.29. The van der Waals surface area contributed by atoms with Crippen molar-refractivity contribution in [3.8, 4) is 10.7 Å². The van der Waals surface area contributed by atoms with Gasteiger partial charge in [-0.1, -0.05) is 22.7 Å². The molecule has 1 saturated carbocycles. The van der Waals surface area contributed by atoms with Crippen LogP contribution in [-0.2, 0) is 42.8 Å². The Balaban J connectivity index is 1.37. The van der Waals surface area contributed by atoms with E-state index < -0.39 is 32.2 Å². The molecule has 2 aliphatic rings. The first kappa shape index (κ1) is 32.9. The van der Waals surface area contributed by atoms with Crippen LogP contribution in [0.4, 0.5) is 18.9 Å². The highest BCUT2D eigenvalue weighted by molar-refractivity contribution is 7.94. The average Bonchev–Trinajstić information content (AvgIpc) is 3.37. The van der Waals surface area contributed by atoms with E-state index >= 15 is 0 Å².